The van der Waals surface area contributed by atoms with E-state index in [9.17, 15) is 0 Å². The monoisotopic (exact) mass is 263 g/mol. The van der Waals surface area contributed by atoms with Crippen LogP contribution in [0.5, 0.6) is 11.5 Å². The van der Waals surface area contributed by atoms with Gasteiger partial charge in [-0.25, -0.2) is 0 Å². The minimum Gasteiger partial charge on any atom is -0.493 e. The largest absolute Gasteiger partial charge is 0.493 e. The number of ether oxygens (including phenoxy) is 3. The molecule has 104 valence electrons. The van der Waals surface area contributed by atoms with Gasteiger partial charge in [0, 0.05) is 5.41 Å². The molecular weight excluding hydrogens is 242 g/mol. The molecule has 1 aromatic rings. The van der Waals surface area contributed by atoms with Gasteiger partial charge >= 0.3 is 0 Å². The van der Waals surface area contributed by atoms with Gasteiger partial charge in [-0.05, 0) is 42.5 Å². The van der Waals surface area contributed by atoms with Gasteiger partial charge in [-0.3, -0.25) is 0 Å². The van der Waals surface area contributed by atoms with Crippen LogP contribution in [0, 0.1) is 5.41 Å². The highest BCUT2D eigenvalue weighted by atomic mass is 16.5. The third kappa shape index (κ3) is 1.66. The number of rotatable bonds is 5. The van der Waals surface area contributed by atoms with E-state index in [2.05, 4.69) is 12.1 Å². The lowest BCUT2D eigenvalue weighted by Gasteiger charge is -2.48. The Balaban J connectivity index is 2.01. The Bertz CT molecular complexity index is 478. The fourth-order valence-electron chi connectivity index (χ4n) is 3.25. The third-order valence-electron chi connectivity index (χ3n) is 4.89. The Morgan fingerprint density at radius 3 is 2.26 bits per heavy atom. The molecule has 0 radical (unpaired) electrons. The van der Waals surface area contributed by atoms with Crippen LogP contribution in [0.2, 0.25) is 0 Å². The summed E-state index contributed by atoms with van der Waals surface area (Å²) in [6.07, 6.45) is 2.39. The summed E-state index contributed by atoms with van der Waals surface area (Å²) in [4.78, 5) is 0. The van der Waals surface area contributed by atoms with Gasteiger partial charge in [-0.2, -0.15) is 0 Å². The molecule has 4 heteroatoms. The number of nitrogens with two attached hydrogens (primary N) is 1. The lowest BCUT2D eigenvalue weighted by atomic mass is 9.66. The van der Waals surface area contributed by atoms with Crippen LogP contribution in [0.3, 0.4) is 0 Å². The second kappa shape index (κ2) is 4.39. The average Bonchev–Trinajstić information content (AvgIpc) is 3.18. The molecule has 1 heterocycles. The van der Waals surface area contributed by atoms with E-state index in [-0.39, 0.29) is 10.8 Å². The quantitative estimate of drug-likeness (QED) is 0.878. The van der Waals surface area contributed by atoms with Crippen molar-refractivity contribution < 1.29 is 14.2 Å². The second-order valence-corrected chi connectivity index (χ2v) is 5.63. The molecule has 1 saturated carbocycles. The van der Waals surface area contributed by atoms with Crippen LogP contribution < -0.4 is 15.2 Å². The number of benzene rings is 1. The van der Waals surface area contributed by atoms with Crippen LogP contribution >= 0.6 is 0 Å². The smallest absolute Gasteiger partial charge is 0.161 e. The first-order chi connectivity index (χ1) is 9.21. The summed E-state index contributed by atoms with van der Waals surface area (Å²) in [5.74, 6) is 1.54. The van der Waals surface area contributed by atoms with Crippen LogP contribution in [-0.4, -0.2) is 34.0 Å². The highest BCUT2D eigenvalue weighted by molar-refractivity contribution is 5.47. The Morgan fingerprint density at radius 1 is 1.16 bits per heavy atom. The molecule has 0 atom stereocenters. The van der Waals surface area contributed by atoms with E-state index >= 15 is 0 Å². The van der Waals surface area contributed by atoms with Crippen molar-refractivity contribution >= 4 is 0 Å². The maximum atomic E-state index is 6.02. The van der Waals surface area contributed by atoms with Crippen LogP contribution in [0.25, 0.3) is 0 Å². The van der Waals surface area contributed by atoms with Crippen molar-refractivity contribution in [1.29, 1.82) is 0 Å². The zero-order valence-electron chi connectivity index (χ0n) is 11.6. The molecule has 4 nitrogen and oxygen atoms in total. The first kappa shape index (κ1) is 12.8. The Morgan fingerprint density at radius 2 is 1.84 bits per heavy atom. The molecule has 2 aliphatic rings. The standard InChI is InChI=1S/C15H21NO3/c1-17-12-4-3-11(7-13(12)18-2)15(9-19-10-15)14(8-16)5-6-14/h3-4,7H,5-6,8-10,16H2,1-2H3. The number of hydrogen-bond donors (Lipinski definition) is 1. The molecule has 1 aliphatic carbocycles. The second-order valence-electron chi connectivity index (χ2n) is 5.63. The fraction of sp³-hybridized carbons (Fsp3) is 0.600. The number of methoxy groups -OCH3 is 2. The molecular formula is C15H21NO3. The predicted octanol–water partition coefficient (Wildman–Crippen LogP) is 1.71. The Labute approximate surface area is 113 Å². The fourth-order valence-corrected chi connectivity index (χ4v) is 3.25. The normalized spacial score (nSPS) is 22.5. The van der Waals surface area contributed by atoms with Crippen molar-refractivity contribution in [3.8, 4) is 11.5 Å². The van der Waals surface area contributed by atoms with E-state index in [0.717, 1.165) is 31.3 Å². The van der Waals surface area contributed by atoms with Crippen LogP contribution in [0.4, 0.5) is 0 Å². The van der Waals surface area contributed by atoms with Gasteiger partial charge in [0.1, 0.15) is 0 Å². The van der Waals surface area contributed by atoms with Crippen molar-refractivity contribution in [3.05, 3.63) is 23.8 Å². The van der Waals surface area contributed by atoms with E-state index in [4.69, 9.17) is 19.9 Å². The summed E-state index contributed by atoms with van der Waals surface area (Å²) >= 11 is 0. The van der Waals surface area contributed by atoms with E-state index in [0.29, 0.717) is 0 Å². The van der Waals surface area contributed by atoms with Crippen molar-refractivity contribution in [2.24, 2.45) is 11.1 Å². The van der Waals surface area contributed by atoms with Gasteiger partial charge in [0.2, 0.25) is 0 Å². The zero-order chi connectivity index (χ0) is 13.5. The van der Waals surface area contributed by atoms with Gasteiger partial charge in [0.15, 0.2) is 11.5 Å². The molecule has 3 rings (SSSR count). The molecule has 2 fully saturated rings. The molecule has 0 bridgehead atoms. The van der Waals surface area contributed by atoms with Gasteiger partial charge in [-0.1, -0.05) is 6.07 Å². The van der Waals surface area contributed by atoms with Crippen molar-refractivity contribution in [2.45, 2.75) is 18.3 Å². The lowest BCUT2D eigenvalue weighted by Crippen LogP contribution is -2.55. The summed E-state index contributed by atoms with van der Waals surface area (Å²) in [5, 5.41) is 0. The van der Waals surface area contributed by atoms with Gasteiger partial charge in [0.25, 0.3) is 0 Å². The topological polar surface area (TPSA) is 53.7 Å². The third-order valence-corrected chi connectivity index (χ3v) is 4.89. The highest BCUT2D eigenvalue weighted by Crippen LogP contribution is 2.62. The maximum Gasteiger partial charge on any atom is 0.161 e. The lowest BCUT2D eigenvalue weighted by molar-refractivity contribution is -0.0973. The van der Waals surface area contributed by atoms with Crippen molar-refractivity contribution in [3.63, 3.8) is 0 Å². The molecule has 19 heavy (non-hydrogen) atoms. The van der Waals surface area contributed by atoms with E-state index in [1.165, 1.54) is 18.4 Å². The van der Waals surface area contributed by atoms with E-state index in [1.54, 1.807) is 14.2 Å². The molecule has 1 aromatic carbocycles. The summed E-state index contributed by atoms with van der Waals surface area (Å²) in [7, 11) is 3.32. The molecule has 1 saturated heterocycles. The Kier molecular flexibility index (Phi) is 2.95. The summed E-state index contributed by atoms with van der Waals surface area (Å²) < 4.78 is 16.2. The van der Waals surface area contributed by atoms with Crippen LogP contribution in [0.1, 0.15) is 18.4 Å². The van der Waals surface area contributed by atoms with Crippen molar-refractivity contribution in [2.75, 3.05) is 34.0 Å². The van der Waals surface area contributed by atoms with E-state index in [1.807, 2.05) is 6.07 Å². The molecule has 0 aromatic heterocycles. The number of hydrogen-bond acceptors (Lipinski definition) is 4. The summed E-state index contributed by atoms with van der Waals surface area (Å²) in [6.45, 7) is 2.25. The zero-order valence-corrected chi connectivity index (χ0v) is 11.6. The summed E-state index contributed by atoms with van der Waals surface area (Å²) in [5.41, 5.74) is 7.58. The minimum absolute atomic E-state index is 0.0707. The minimum atomic E-state index is 0.0707. The Hall–Kier alpha value is -1.26. The average molecular weight is 263 g/mol. The van der Waals surface area contributed by atoms with Crippen LogP contribution in [0.15, 0.2) is 18.2 Å². The van der Waals surface area contributed by atoms with Gasteiger partial charge < -0.3 is 19.9 Å². The SMILES string of the molecule is COc1ccc(C2(C3(CN)CC3)COC2)cc1OC. The maximum absolute atomic E-state index is 6.02. The van der Waals surface area contributed by atoms with E-state index < -0.39 is 0 Å². The molecule has 2 N–H and O–H groups in total. The predicted molar refractivity (Wildman–Crippen MR) is 72.8 cm³/mol. The molecule has 0 amide bonds. The van der Waals surface area contributed by atoms with Gasteiger partial charge in [-0.15, -0.1) is 0 Å². The molecule has 0 spiro atoms. The van der Waals surface area contributed by atoms with Crippen molar-refractivity contribution in [1.82, 2.24) is 0 Å². The first-order valence-electron chi connectivity index (χ1n) is 6.72. The summed E-state index contributed by atoms with van der Waals surface area (Å²) in [6, 6.07) is 6.18. The highest BCUT2D eigenvalue weighted by Gasteiger charge is 2.62. The molecule has 1 aliphatic heterocycles. The van der Waals surface area contributed by atoms with Gasteiger partial charge in [0.05, 0.1) is 27.4 Å². The van der Waals surface area contributed by atoms with Crippen LogP contribution in [-0.2, 0) is 10.2 Å². The molecule has 0 unspecified atom stereocenters. The first-order valence-corrected chi connectivity index (χ1v) is 6.72.